The first-order valence-corrected chi connectivity index (χ1v) is 12.8. The van der Waals surface area contributed by atoms with E-state index < -0.39 is 10.0 Å². The van der Waals surface area contributed by atoms with Crippen molar-refractivity contribution >= 4 is 15.9 Å². The predicted molar refractivity (Wildman–Crippen MR) is 108 cm³/mol. The van der Waals surface area contributed by atoms with Crippen molar-refractivity contribution in [3.63, 3.8) is 0 Å². The second-order valence-corrected chi connectivity index (χ2v) is 10.6. The number of likely N-dealkylation sites (tertiary alicyclic amines) is 1. The summed E-state index contributed by atoms with van der Waals surface area (Å²) < 4.78 is 25.5. The van der Waals surface area contributed by atoms with Gasteiger partial charge in [0.05, 0.1) is 12.8 Å². The molecule has 1 heterocycles. The maximum atomic E-state index is 13.3. The first-order valence-electron chi connectivity index (χ1n) is 10.9. The Morgan fingerprint density at radius 2 is 1.37 bits per heavy atom. The molecule has 1 amide bonds. The molecule has 1 N–H and O–H groups in total. The molecule has 1 saturated heterocycles. The third-order valence-electron chi connectivity index (χ3n) is 6.55. The standard InChI is InChI=1S/C20H37N3O3S/c1-27(25,26)21-17-12-14-22(15-13-17)16-20(24)23(18-8-4-2-5-9-18)19-10-6-3-7-11-19/h17-19,21H,2-16H2,1H3. The molecule has 2 saturated carbocycles. The molecule has 6 nitrogen and oxygen atoms in total. The molecule has 0 aromatic carbocycles. The Hall–Kier alpha value is -0.660. The van der Waals surface area contributed by atoms with E-state index in [0.717, 1.165) is 25.9 Å². The smallest absolute Gasteiger partial charge is 0.237 e. The topological polar surface area (TPSA) is 69.7 Å². The van der Waals surface area contributed by atoms with Gasteiger partial charge in [0.25, 0.3) is 0 Å². The van der Waals surface area contributed by atoms with Gasteiger partial charge in [0.2, 0.25) is 15.9 Å². The van der Waals surface area contributed by atoms with Crippen molar-refractivity contribution in [2.24, 2.45) is 0 Å². The molecule has 3 fully saturated rings. The zero-order valence-electron chi connectivity index (χ0n) is 16.9. The fourth-order valence-electron chi connectivity index (χ4n) is 5.21. The Kier molecular flexibility index (Phi) is 7.57. The average molecular weight is 400 g/mol. The first kappa shape index (κ1) is 21.1. The summed E-state index contributed by atoms with van der Waals surface area (Å²) >= 11 is 0. The number of rotatable bonds is 6. The Balaban J connectivity index is 1.56. The third kappa shape index (κ3) is 6.43. The number of sulfonamides is 1. The molecule has 0 atom stereocenters. The molecule has 0 aromatic heterocycles. The number of nitrogens with one attached hydrogen (secondary N) is 1. The summed E-state index contributed by atoms with van der Waals surface area (Å²) in [7, 11) is -3.15. The average Bonchev–Trinajstić information content (AvgIpc) is 2.64. The minimum absolute atomic E-state index is 0.0131. The fraction of sp³-hybridized carbons (Fsp3) is 0.950. The Morgan fingerprint density at radius 1 is 0.889 bits per heavy atom. The van der Waals surface area contributed by atoms with Crippen LogP contribution in [0.2, 0.25) is 0 Å². The number of hydrogen-bond acceptors (Lipinski definition) is 4. The van der Waals surface area contributed by atoms with E-state index in [1.807, 2.05) is 0 Å². The second kappa shape index (κ2) is 9.70. The van der Waals surface area contributed by atoms with Gasteiger partial charge < -0.3 is 4.90 Å². The van der Waals surface area contributed by atoms with Gasteiger partial charge >= 0.3 is 0 Å². The fourth-order valence-corrected chi connectivity index (χ4v) is 6.05. The Bertz CT molecular complexity index is 557. The highest BCUT2D eigenvalue weighted by molar-refractivity contribution is 7.88. The third-order valence-corrected chi connectivity index (χ3v) is 7.31. The highest BCUT2D eigenvalue weighted by atomic mass is 32.2. The van der Waals surface area contributed by atoms with E-state index in [0.29, 0.717) is 24.5 Å². The lowest BCUT2D eigenvalue weighted by Crippen LogP contribution is -2.53. The van der Waals surface area contributed by atoms with Crippen molar-refractivity contribution < 1.29 is 13.2 Å². The highest BCUT2D eigenvalue weighted by Crippen LogP contribution is 2.30. The zero-order valence-corrected chi connectivity index (χ0v) is 17.7. The maximum absolute atomic E-state index is 13.3. The molecule has 0 radical (unpaired) electrons. The molecule has 3 rings (SSSR count). The molecule has 0 unspecified atom stereocenters. The summed E-state index contributed by atoms with van der Waals surface area (Å²) in [6.45, 7) is 2.09. The molecule has 0 aromatic rings. The van der Waals surface area contributed by atoms with Crippen LogP contribution in [-0.4, -0.2) is 68.1 Å². The number of amides is 1. The lowest BCUT2D eigenvalue weighted by molar-refractivity contribution is -0.139. The molecule has 7 heteroatoms. The molecule has 2 aliphatic carbocycles. The van der Waals surface area contributed by atoms with Crippen LogP contribution >= 0.6 is 0 Å². The van der Waals surface area contributed by atoms with E-state index in [1.165, 1.54) is 70.5 Å². The quantitative estimate of drug-likeness (QED) is 0.745. The van der Waals surface area contributed by atoms with Crippen LogP contribution in [0, 0.1) is 0 Å². The summed E-state index contributed by atoms with van der Waals surface area (Å²) in [5, 5.41) is 0. The van der Waals surface area contributed by atoms with Gasteiger partial charge in [0, 0.05) is 31.2 Å². The maximum Gasteiger partial charge on any atom is 0.237 e. The van der Waals surface area contributed by atoms with Gasteiger partial charge in [-0.2, -0.15) is 0 Å². The highest BCUT2D eigenvalue weighted by Gasteiger charge is 2.33. The summed E-state index contributed by atoms with van der Waals surface area (Å²) in [4.78, 5) is 17.8. The summed E-state index contributed by atoms with van der Waals surface area (Å²) in [5.41, 5.74) is 0. The van der Waals surface area contributed by atoms with Gasteiger partial charge in [0.1, 0.15) is 0 Å². The van der Waals surface area contributed by atoms with Crippen LogP contribution in [0.3, 0.4) is 0 Å². The molecular formula is C20H37N3O3S. The molecule has 3 aliphatic rings. The van der Waals surface area contributed by atoms with Gasteiger partial charge in [-0.15, -0.1) is 0 Å². The normalized spacial score (nSPS) is 24.8. The van der Waals surface area contributed by atoms with Crippen LogP contribution < -0.4 is 4.72 Å². The number of carbonyl (C=O) groups is 1. The number of nitrogens with zero attached hydrogens (tertiary/aromatic N) is 2. The van der Waals surface area contributed by atoms with E-state index in [1.54, 1.807) is 0 Å². The van der Waals surface area contributed by atoms with Gasteiger partial charge in [-0.25, -0.2) is 13.1 Å². The molecule has 0 bridgehead atoms. The number of piperidine rings is 1. The molecule has 1 aliphatic heterocycles. The van der Waals surface area contributed by atoms with E-state index in [-0.39, 0.29) is 6.04 Å². The van der Waals surface area contributed by atoms with Crippen molar-refractivity contribution in [3.8, 4) is 0 Å². The predicted octanol–water partition coefficient (Wildman–Crippen LogP) is 2.49. The van der Waals surface area contributed by atoms with E-state index in [9.17, 15) is 13.2 Å². The van der Waals surface area contributed by atoms with E-state index >= 15 is 0 Å². The van der Waals surface area contributed by atoms with E-state index in [2.05, 4.69) is 14.5 Å². The van der Waals surface area contributed by atoms with Crippen LogP contribution in [0.15, 0.2) is 0 Å². The van der Waals surface area contributed by atoms with Gasteiger partial charge in [-0.3, -0.25) is 9.69 Å². The molecule has 0 spiro atoms. The van der Waals surface area contributed by atoms with Crippen LogP contribution in [0.4, 0.5) is 0 Å². The lowest BCUT2D eigenvalue weighted by Gasteiger charge is -2.43. The van der Waals surface area contributed by atoms with Crippen molar-refractivity contribution in [3.05, 3.63) is 0 Å². The van der Waals surface area contributed by atoms with Crippen LogP contribution in [0.25, 0.3) is 0 Å². The van der Waals surface area contributed by atoms with Crippen molar-refractivity contribution in [2.75, 3.05) is 25.9 Å². The van der Waals surface area contributed by atoms with Crippen molar-refractivity contribution in [1.82, 2.24) is 14.5 Å². The largest absolute Gasteiger partial charge is 0.336 e. The summed E-state index contributed by atoms with van der Waals surface area (Å²) in [5.74, 6) is 0.309. The van der Waals surface area contributed by atoms with Gasteiger partial charge in [-0.05, 0) is 38.5 Å². The number of carbonyl (C=O) groups excluding carboxylic acids is 1. The SMILES string of the molecule is CS(=O)(=O)NC1CCN(CC(=O)N(C2CCCCC2)C2CCCCC2)CC1. The van der Waals surface area contributed by atoms with Crippen LogP contribution in [0.1, 0.15) is 77.0 Å². The zero-order chi connectivity index (χ0) is 19.3. The number of hydrogen-bond donors (Lipinski definition) is 1. The summed E-state index contributed by atoms with van der Waals surface area (Å²) in [6, 6.07) is 0.900. The van der Waals surface area contributed by atoms with Crippen LogP contribution in [0.5, 0.6) is 0 Å². The molecule has 27 heavy (non-hydrogen) atoms. The minimum atomic E-state index is -3.15. The van der Waals surface area contributed by atoms with E-state index in [4.69, 9.17) is 0 Å². The Labute approximate surface area is 165 Å². The molecule has 156 valence electrons. The summed E-state index contributed by atoms with van der Waals surface area (Å²) in [6.07, 6.45) is 15.1. The molecular weight excluding hydrogens is 362 g/mol. The monoisotopic (exact) mass is 399 g/mol. The first-order chi connectivity index (χ1) is 12.9. The van der Waals surface area contributed by atoms with Gasteiger partial charge in [0.15, 0.2) is 0 Å². The Morgan fingerprint density at radius 3 is 1.81 bits per heavy atom. The van der Waals surface area contributed by atoms with Crippen LogP contribution in [-0.2, 0) is 14.8 Å². The lowest BCUT2D eigenvalue weighted by atomic mass is 9.88. The minimum Gasteiger partial charge on any atom is -0.336 e. The van der Waals surface area contributed by atoms with Gasteiger partial charge in [-0.1, -0.05) is 38.5 Å². The van der Waals surface area contributed by atoms with Crippen molar-refractivity contribution in [1.29, 1.82) is 0 Å². The van der Waals surface area contributed by atoms with Crippen molar-refractivity contribution in [2.45, 2.75) is 95.2 Å². The second-order valence-electron chi connectivity index (χ2n) is 8.83.